The van der Waals surface area contributed by atoms with Gasteiger partial charge in [0.2, 0.25) is 0 Å². The van der Waals surface area contributed by atoms with Gasteiger partial charge in [-0.05, 0) is 34.9 Å². The molecule has 0 fully saturated rings. The van der Waals surface area contributed by atoms with Crippen LogP contribution in [0.3, 0.4) is 0 Å². The average molecular weight is 281 g/mol. The first-order valence-electron chi connectivity index (χ1n) is 7.12. The molecule has 0 bridgehead atoms. The highest BCUT2D eigenvalue weighted by Crippen LogP contribution is 2.19. The molecule has 20 heavy (non-hydrogen) atoms. The summed E-state index contributed by atoms with van der Waals surface area (Å²) >= 11 is 1.91. The average Bonchev–Trinajstić information content (AvgIpc) is 2.95. The number of aryl methyl sites for hydroxylation is 1. The third kappa shape index (κ3) is 2.92. The zero-order chi connectivity index (χ0) is 13.8. The summed E-state index contributed by atoms with van der Waals surface area (Å²) in [6, 6.07) is 19.6. The molecular weight excluding hydrogens is 262 g/mol. The highest BCUT2D eigenvalue weighted by molar-refractivity contribution is 7.11. The van der Waals surface area contributed by atoms with Crippen molar-refractivity contribution in [3.05, 3.63) is 69.9 Å². The third-order valence-corrected chi connectivity index (χ3v) is 4.79. The summed E-state index contributed by atoms with van der Waals surface area (Å²) in [6.45, 7) is 4.08. The van der Waals surface area contributed by atoms with Crippen LogP contribution in [0.1, 0.15) is 22.2 Å². The number of thiophene rings is 1. The van der Waals surface area contributed by atoms with E-state index in [4.69, 9.17) is 0 Å². The van der Waals surface area contributed by atoms with Gasteiger partial charge >= 0.3 is 0 Å². The van der Waals surface area contributed by atoms with Crippen LogP contribution in [0.15, 0.2) is 54.6 Å². The molecule has 3 aromatic rings. The molecule has 0 atom stereocenters. The maximum Gasteiger partial charge on any atom is 0.0303 e. The van der Waals surface area contributed by atoms with E-state index in [0.29, 0.717) is 0 Å². The zero-order valence-electron chi connectivity index (χ0n) is 11.7. The lowest BCUT2D eigenvalue weighted by Crippen LogP contribution is -2.11. The van der Waals surface area contributed by atoms with Gasteiger partial charge in [-0.1, -0.05) is 49.4 Å². The van der Waals surface area contributed by atoms with Crippen LogP contribution in [-0.2, 0) is 19.5 Å². The Labute approximate surface area is 124 Å². The van der Waals surface area contributed by atoms with E-state index < -0.39 is 0 Å². The van der Waals surface area contributed by atoms with Gasteiger partial charge in [-0.2, -0.15) is 0 Å². The van der Waals surface area contributed by atoms with Gasteiger partial charge in [0.15, 0.2) is 0 Å². The molecule has 0 aliphatic carbocycles. The van der Waals surface area contributed by atoms with E-state index in [0.717, 1.165) is 19.5 Å². The van der Waals surface area contributed by atoms with Crippen molar-refractivity contribution in [3.63, 3.8) is 0 Å². The quantitative estimate of drug-likeness (QED) is 0.711. The first kappa shape index (κ1) is 13.3. The molecule has 0 amide bonds. The Morgan fingerprint density at radius 1 is 0.850 bits per heavy atom. The minimum absolute atomic E-state index is 0.917. The first-order valence-corrected chi connectivity index (χ1v) is 7.93. The number of hydrogen-bond acceptors (Lipinski definition) is 2. The summed E-state index contributed by atoms with van der Waals surface area (Å²) in [6.07, 6.45) is 1.13. The maximum absolute atomic E-state index is 3.56. The van der Waals surface area contributed by atoms with Crippen LogP contribution < -0.4 is 5.32 Å². The summed E-state index contributed by atoms with van der Waals surface area (Å²) < 4.78 is 0. The minimum atomic E-state index is 0.917. The molecule has 0 aliphatic heterocycles. The van der Waals surface area contributed by atoms with Crippen molar-refractivity contribution in [3.8, 4) is 0 Å². The molecule has 3 rings (SSSR count). The number of rotatable bonds is 5. The molecule has 0 spiro atoms. The fourth-order valence-electron chi connectivity index (χ4n) is 2.47. The summed E-state index contributed by atoms with van der Waals surface area (Å²) in [5.74, 6) is 0. The second-order valence-electron chi connectivity index (χ2n) is 4.96. The predicted octanol–water partition coefficient (Wildman–Crippen LogP) is 4.75. The molecule has 1 aromatic heterocycles. The molecule has 1 nitrogen and oxygen atoms in total. The van der Waals surface area contributed by atoms with Gasteiger partial charge in [0.25, 0.3) is 0 Å². The summed E-state index contributed by atoms with van der Waals surface area (Å²) in [4.78, 5) is 2.88. The van der Waals surface area contributed by atoms with E-state index >= 15 is 0 Å². The van der Waals surface area contributed by atoms with Crippen molar-refractivity contribution in [2.45, 2.75) is 26.4 Å². The lowest BCUT2D eigenvalue weighted by atomic mass is 10.0. The Morgan fingerprint density at radius 2 is 1.65 bits per heavy atom. The van der Waals surface area contributed by atoms with Crippen molar-refractivity contribution < 1.29 is 0 Å². The molecule has 102 valence electrons. The number of nitrogens with one attached hydrogen (secondary N) is 1. The Balaban J connectivity index is 1.68. The lowest BCUT2D eigenvalue weighted by molar-refractivity contribution is 0.704. The largest absolute Gasteiger partial charge is 0.308 e. The third-order valence-electron chi connectivity index (χ3n) is 3.56. The highest BCUT2D eigenvalue weighted by Gasteiger charge is 2.01. The molecule has 0 unspecified atom stereocenters. The van der Waals surface area contributed by atoms with E-state index in [1.807, 2.05) is 11.3 Å². The molecule has 2 aromatic carbocycles. The number of fused-ring (bicyclic) bond motifs is 1. The minimum Gasteiger partial charge on any atom is -0.308 e. The molecular formula is C18H19NS. The van der Waals surface area contributed by atoms with Crippen LogP contribution in [0.5, 0.6) is 0 Å². The lowest BCUT2D eigenvalue weighted by Gasteiger charge is -2.07. The van der Waals surface area contributed by atoms with Crippen molar-refractivity contribution in [1.82, 2.24) is 5.32 Å². The van der Waals surface area contributed by atoms with Gasteiger partial charge < -0.3 is 5.32 Å². The summed E-state index contributed by atoms with van der Waals surface area (Å²) in [5, 5.41) is 6.22. The van der Waals surface area contributed by atoms with Gasteiger partial charge in [0.05, 0.1) is 0 Å². The Bertz CT molecular complexity index is 694. The molecule has 0 aliphatic rings. The molecule has 1 N–H and O–H groups in total. The molecule has 1 heterocycles. The Hall–Kier alpha value is -1.64. The van der Waals surface area contributed by atoms with Crippen LogP contribution in [0.2, 0.25) is 0 Å². The maximum atomic E-state index is 3.56. The summed E-state index contributed by atoms with van der Waals surface area (Å²) in [7, 11) is 0. The van der Waals surface area contributed by atoms with Crippen LogP contribution in [0.4, 0.5) is 0 Å². The van der Waals surface area contributed by atoms with Crippen molar-refractivity contribution in [2.24, 2.45) is 0 Å². The molecule has 2 heteroatoms. The first-order chi connectivity index (χ1) is 9.86. The second kappa shape index (κ2) is 6.21. The molecule has 0 radical (unpaired) electrons. The fourth-order valence-corrected chi connectivity index (χ4v) is 3.40. The Morgan fingerprint density at radius 3 is 2.50 bits per heavy atom. The Kier molecular flexibility index (Phi) is 4.14. The predicted molar refractivity (Wildman–Crippen MR) is 88.2 cm³/mol. The fraction of sp³-hybridized carbons (Fsp3) is 0.222. The van der Waals surface area contributed by atoms with Crippen molar-refractivity contribution in [1.29, 1.82) is 0 Å². The van der Waals surface area contributed by atoms with Gasteiger partial charge in [-0.15, -0.1) is 11.3 Å². The van der Waals surface area contributed by atoms with Gasteiger partial charge in [0, 0.05) is 22.8 Å². The number of hydrogen-bond donors (Lipinski definition) is 1. The van der Waals surface area contributed by atoms with Crippen LogP contribution >= 0.6 is 11.3 Å². The van der Waals surface area contributed by atoms with Crippen LogP contribution in [0.25, 0.3) is 10.8 Å². The van der Waals surface area contributed by atoms with Crippen LogP contribution in [0, 0.1) is 0 Å². The van der Waals surface area contributed by atoms with Crippen LogP contribution in [-0.4, -0.2) is 0 Å². The van der Waals surface area contributed by atoms with Gasteiger partial charge in [-0.25, -0.2) is 0 Å². The van der Waals surface area contributed by atoms with Gasteiger partial charge in [-0.3, -0.25) is 0 Å². The van der Waals surface area contributed by atoms with Gasteiger partial charge in [0.1, 0.15) is 0 Å². The topological polar surface area (TPSA) is 12.0 Å². The molecule has 0 saturated carbocycles. The standard InChI is InChI=1S/C18H19NS/c1-2-16-10-11-17(20-16)13-19-12-15-8-5-7-14-6-3-4-9-18(14)15/h3-11,19H,2,12-13H2,1H3. The monoisotopic (exact) mass is 281 g/mol. The van der Waals surface area contributed by atoms with E-state index in [9.17, 15) is 0 Å². The SMILES string of the molecule is CCc1ccc(CNCc2cccc3ccccc23)s1. The highest BCUT2D eigenvalue weighted by atomic mass is 32.1. The zero-order valence-corrected chi connectivity index (χ0v) is 12.5. The van der Waals surface area contributed by atoms with E-state index in [1.165, 1.54) is 26.1 Å². The van der Waals surface area contributed by atoms with E-state index in [2.05, 4.69) is 66.8 Å². The van der Waals surface area contributed by atoms with E-state index in [-0.39, 0.29) is 0 Å². The van der Waals surface area contributed by atoms with Crippen molar-refractivity contribution in [2.75, 3.05) is 0 Å². The summed E-state index contributed by atoms with van der Waals surface area (Å²) in [5.41, 5.74) is 1.37. The smallest absolute Gasteiger partial charge is 0.0303 e. The molecule has 0 saturated heterocycles. The second-order valence-corrected chi connectivity index (χ2v) is 6.22. The van der Waals surface area contributed by atoms with E-state index in [1.54, 1.807) is 0 Å². The number of benzene rings is 2. The normalized spacial score (nSPS) is 11.1. The van der Waals surface area contributed by atoms with Crippen molar-refractivity contribution >= 4 is 22.1 Å².